The zero-order chi connectivity index (χ0) is 16.6. The van der Waals surface area contributed by atoms with E-state index in [1.807, 2.05) is 6.20 Å². The maximum Gasteiger partial charge on any atom is 0.159 e. The summed E-state index contributed by atoms with van der Waals surface area (Å²) in [6.45, 7) is 5.22. The molecule has 1 fully saturated rings. The number of β-amino-alcohol motifs (C(OH)–C–C–N with tert-alkyl or cyclic N) is 1. The lowest BCUT2D eigenvalue weighted by molar-refractivity contribution is 0.170. The number of imidazole rings is 1. The molecular weight excluding hydrogens is 300 g/mol. The van der Waals surface area contributed by atoms with Gasteiger partial charge < -0.3 is 9.67 Å². The fraction of sp³-hybridized carbons (Fsp3) is 0.471. The Morgan fingerprint density at radius 1 is 1.30 bits per heavy atom. The Labute approximate surface area is 134 Å². The van der Waals surface area contributed by atoms with Gasteiger partial charge in [0.15, 0.2) is 11.6 Å². The van der Waals surface area contributed by atoms with Gasteiger partial charge in [-0.05, 0) is 38.0 Å². The summed E-state index contributed by atoms with van der Waals surface area (Å²) in [5.74, 6) is -0.802. The van der Waals surface area contributed by atoms with Crippen molar-refractivity contribution in [2.24, 2.45) is 0 Å². The van der Waals surface area contributed by atoms with E-state index >= 15 is 0 Å². The van der Waals surface area contributed by atoms with Crippen molar-refractivity contribution in [2.75, 3.05) is 6.54 Å². The van der Waals surface area contributed by atoms with E-state index in [-0.39, 0.29) is 6.04 Å². The van der Waals surface area contributed by atoms with E-state index in [1.54, 1.807) is 12.3 Å². The largest absolute Gasteiger partial charge is 0.392 e. The number of aliphatic hydroxyl groups is 1. The summed E-state index contributed by atoms with van der Waals surface area (Å²) >= 11 is 0. The third kappa shape index (κ3) is 3.28. The zero-order valence-electron chi connectivity index (χ0n) is 13.3. The molecule has 1 aromatic carbocycles. The van der Waals surface area contributed by atoms with E-state index in [1.165, 1.54) is 6.07 Å². The van der Waals surface area contributed by atoms with Gasteiger partial charge in [0.2, 0.25) is 0 Å². The molecule has 0 bridgehead atoms. The second-order valence-electron chi connectivity index (χ2n) is 6.35. The van der Waals surface area contributed by atoms with Gasteiger partial charge in [0.05, 0.1) is 12.6 Å². The number of halogens is 2. The summed E-state index contributed by atoms with van der Waals surface area (Å²) in [5, 5.41) is 10.0. The lowest BCUT2D eigenvalue weighted by Gasteiger charge is -2.25. The Morgan fingerprint density at radius 3 is 2.78 bits per heavy atom. The van der Waals surface area contributed by atoms with Crippen LogP contribution in [0, 0.1) is 11.6 Å². The average Bonchev–Trinajstić information content (AvgIpc) is 3.09. The first-order valence-corrected chi connectivity index (χ1v) is 7.84. The third-order valence-corrected chi connectivity index (χ3v) is 4.36. The Kier molecular flexibility index (Phi) is 4.46. The van der Waals surface area contributed by atoms with E-state index in [0.29, 0.717) is 31.1 Å². The van der Waals surface area contributed by atoms with Gasteiger partial charge in [-0.25, -0.2) is 13.8 Å². The molecule has 1 aliphatic heterocycles. The van der Waals surface area contributed by atoms with Gasteiger partial charge >= 0.3 is 0 Å². The van der Waals surface area contributed by atoms with Gasteiger partial charge in [0.1, 0.15) is 5.82 Å². The van der Waals surface area contributed by atoms with E-state index in [9.17, 15) is 13.9 Å². The molecule has 2 aromatic rings. The molecule has 2 atom stereocenters. The fourth-order valence-electron chi connectivity index (χ4n) is 3.24. The van der Waals surface area contributed by atoms with E-state index in [4.69, 9.17) is 0 Å². The van der Waals surface area contributed by atoms with Crippen LogP contribution in [0.15, 0.2) is 30.6 Å². The number of benzene rings is 1. The second kappa shape index (κ2) is 6.37. The molecule has 0 amide bonds. The lowest BCUT2D eigenvalue weighted by atomic mass is 10.0. The number of rotatable bonds is 4. The zero-order valence-corrected chi connectivity index (χ0v) is 13.3. The van der Waals surface area contributed by atoms with Gasteiger partial charge in [-0.3, -0.25) is 4.90 Å². The molecule has 23 heavy (non-hydrogen) atoms. The van der Waals surface area contributed by atoms with E-state index in [0.717, 1.165) is 11.9 Å². The topological polar surface area (TPSA) is 41.3 Å². The van der Waals surface area contributed by atoms with Crippen LogP contribution in [0.2, 0.25) is 0 Å². The summed E-state index contributed by atoms with van der Waals surface area (Å²) in [4.78, 5) is 6.46. The summed E-state index contributed by atoms with van der Waals surface area (Å²) in [6, 6.07) is 4.10. The third-order valence-electron chi connectivity index (χ3n) is 4.36. The minimum Gasteiger partial charge on any atom is -0.392 e. The molecule has 1 aromatic heterocycles. The van der Waals surface area contributed by atoms with Crippen molar-refractivity contribution in [2.45, 2.75) is 45.0 Å². The summed E-state index contributed by atoms with van der Waals surface area (Å²) in [6.07, 6.45) is 3.72. The quantitative estimate of drug-likeness (QED) is 0.941. The summed E-state index contributed by atoms with van der Waals surface area (Å²) in [7, 11) is 0. The van der Waals surface area contributed by atoms with Gasteiger partial charge in [-0.1, -0.05) is 6.07 Å². The van der Waals surface area contributed by atoms with Crippen molar-refractivity contribution in [3.63, 3.8) is 0 Å². The Balaban J connectivity index is 1.85. The minimum atomic E-state index is -0.854. The Bertz CT molecular complexity index is 686. The van der Waals surface area contributed by atoms with Crippen LogP contribution < -0.4 is 0 Å². The van der Waals surface area contributed by atoms with Gasteiger partial charge in [-0.15, -0.1) is 0 Å². The normalized spacial score (nSPS) is 22.2. The molecule has 2 heterocycles. The first-order chi connectivity index (χ1) is 11.0. The molecule has 1 saturated heterocycles. The predicted molar refractivity (Wildman–Crippen MR) is 82.7 cm³/mol. The van der Waals surface area contributed by atoms with Crippen molar-refractivity contribution in [1.82, 2.24) is 14.5 Å². The maximum absolute atomic E-state index is 13.5. The highest BCUT2D eigenvalue weighted by Gasteiger charge is 2.33. The van der Waals surface area contributed by atoms with Crippen LogP contribution in [0.5, 0.6) is 0 Å². The standard InChI is InChI=1S/C17H21F2N3O/c1-11(2)22-6-5-20-17(22)10-21-9-13(23)8-16(21)12-3-4-14(18)15(19)7-12/h3-7,11,13,16,23H,8-10H2,1-2H3/t13-,16+/m1/s1. The molecule has 3 rings (SSSR count). The monoisotopic (exact) mass is 321 g/mol. The first kappa shape index (κ1) is 16.1. The van der Waals surface area contributed by atoms with Crippen LogP contribution in [0.4, 0.5) is 8.78 Å². The molecule has 0 aliphatic carbocycles. The highest BCUT2D eigenvalue weighted by atomic mass is 19.2. The first-order valence-electron chi connectivity index (χ1n) is 7.84. The van der Waals surface area contributed by atoms with Crippen molar-refractivity contribution < 1.29 is 13.9 Å². The Hall–Kier alpha value is -1.79. The highest BCUT2D eigenvalue weighted by Crippen LogP contribution is 2.34. The maximum atomic E-state index is 13.5. The van der Waals surface area contributed by atoms with Crippen LogP contribution in [-0.4, -0.2) is 32.2 Å². The number of aliphatic hydroxyl groups excluding tert-OH is 1. The number of hydrogen-bond donors (Lipinski definition) is 1. The summed E-state index contributed by atoms with van der Waals surface area (Å²) in [5.41, 5.74) is 0.683. The van der Waals surface area contributed by atoms with Gasteiger partial charge in [-0.2, -0.15) is 0 Å². The van der Waals surface area contributed by atoms with E-state index < -0.39 is 17.7 Å². The van der Waals surface area contributed by atoms with Crippen molar-refractivity contribution in [3.8, 4) is 0 Å². The molecular formula is C17H21F2N3O. The minimum absolute atomic E-state index is 0.141. The summed E-state index contributed by atoms with van der Waals surface area (Å²) < 4.78 is 28.8. The molecule has 0 saturated carbocycles. The number of aromatic nitrogens is 2. The SMILES string of the molecule is CC(C)n1ccnc1CN1C[C@H](O)C[C@H]1c1ccc(F)c(F)c1. The molecule has 0 spiro atoms. The number of nitrogens with zero attached hydrogens (tertiary/aromatic N) is 3. The molecule has 0 unspecified atom stereocenters. The predicted octanol–water partition coefficient (Wildman–Crippen LogP) is 3.05. The Morgan fingerprint density at radius 2 is 2.09 bits per heavy atom. The lowest BCUT2D eigenvalue weighted by Crippen LogP contribution is -2.26. The molecule has 1 aliphatic rings. The average molecular weight is 321 g/mol. The van der Waals surface area contributed by atoms with Crippen LogP contribution in [0.25, 0.3) is 0 Å². The molecule has 1 N–H and O–H groups in total. The van der Waals surface area contributed by atoms with Crippen molar-refractivity contribution in [3.05, 3.63) is 53.6 Å². The second-order valence-corrected chi connectivity index (χ2v) is 6.35. The van der Waals surface area contributed by atoms with Crippen LogP contribution in [-0.2, 0) is 6.54 Å². The number of likely N-dealkylation sites (tertiary alicyclic amines) is 1. The fourth-order valence-corrected chi connectivity index (χ4v) is 3.24. The highest BCUT2D eigenvalue weighted by molar-refractivity contribution is 5.23. The van der Waals surface area contributed by atoms with Crippen LogP contribution in [0.3, 0.4) is 0 Å². The van der Waals surface area contributed by atoms with Gasteiger partial charge in [0, 0.05) is 31.0 Å². The van der Waals surface area contributed by atoms with Crippen LogP contribution in [0.1, 0.15) is 43.7 Å². The molecule has 0 radical (unpaired) electrons. The van der Waals surface area contributed by atoms with Crippen molar-refractivity contribution in [1.29, 1.82) is 0 Å². The van der Waals surface area contributed by atoms with Gasteiger partial charge in [0.25, 0.3) is 0 Å². The van der Waals surface area contributed by atoms with Crippen molar-refractivity contribution >= 4 is 0 Å². The number of hydrogen-bond acceptors (Lipinski definition) is 3. The molecule has 4 nitrogen and oxygen atoms in total. The molecule has 124 valence electrons. The molecule has 6 heteroatoms. The smallest absolute Gasteiger partial charge is 0.159 e. The van der Waals surface area contributed by atoms with E-state index in [2.05, 4.69) is 28.3 Å². The van der Waals surface area contributed by atoms with Crippen LogP contribution >= 0.6 is 0 Å².